The fourth-order valence-electron chi connectivity index (χ4n) is 2.68. The Morgan fingerprint density at radius 3 is 2.62 bits per heavy atom. The van der Waals surface area contributed by atoms with Crippen LogP contribution in [0, 0.1) is 11.6 Å². The Morgan fingerprint density at radius 2 is 2.04 bits per heavy atom. The molecular formula is C17H20F2N2O3. The summed E-state index contributed by atoms with van der Waals surface area (Å²) in [7, 11) is 1.23. The van der Waals surface area contributed by atoms with E-state index in [0.717, 1.165) is 25.0 Å². The summed E-state index contributed by atoms with van der Waals surface area (Å²) in [5, 5.41) is 2.67. The topological polar surface area (TPSA) is 58.6 Å². The van der Waals surface area contributed by atoms with Crippen LogP contribution in [-0.4, -0.2) is 30.6 Å². The number of rotatable bonds is 5. The zero-order valence-corrected chi connectivity index (χ0v) is 13.9. The molecule has 1 aliphatic heterocycles. The van der Waals surface area contributed by atoms with Crippen molar-refractivity contribution in [1.29, 1.82) is 0 Å². The highest BCUT2D eigenvalue weighted by Gasteiger charge is 2.36. The minimum absolute atomic E-state index is 0.208. The van der Waals surface area contributed by atoms with Crippen molar-refractivity contribution < 1.29 is 23.1 Å². The van der Waals surface area contributed by atoms with Gasteiger partial charge in [0.2, 0.25) is 0 Å². The van der Waals surface area contributed by atoms with E-state index in [4.69, 9.17) is 4.74 Å². The number of amides is 2. The number of unbranched alkanes of at least 4 members (excludes halogenated alkanes) is 1. The molecule has 0 unspecified atom stereocenters. The maximum atomic E-state index is 13.6. The number of ether oxygens (including phenoxy) is 1. The Kier molecular flexibility index (Phi) is 5.54. The second-order valence-electron chi connectivity index (χ2n) is 5.55. The Balaban J connectivity index is 2.50. The lowest BCUT2D eigenvalue weighted by Gasteiger charge is -2.35. The first kappa shape index (κ1) is 17.9. The van der Waals surface area contributed by atoms with Gasteiger partial charge in [-0.15, -0.1) is 0 Å². The van der Waals surface area contributed by atoms with Crippen LogP contribution in [0.4, 0.5) is 13.6 Å². The Labute approximate surface area is 139 Å². The first-order chi connectivity index (χ1) is 11.4. The number of esters is 1. The average Bonchev–Trinajstić information content (AvgIpc) is 2.56. The minimum Gasteiger partial charge on any atom is -0.466 e. The number of halogens is 2. The van der Waals surface area contributed by atoms with Crippen LogP contribution in [0.15, 0.2) is 29.5 Å². The molecular weight excluding hydrogens is 318 g/mol. The van der Waals surface area contributed by atoms with Gasteiger partial charge in [0, 0.05) is 12.2 Å². The predicted octanol–water partition coefficient (Wildman–Crippen LogP) is 3.28. The van der Waals surface area contributed by atoms with Crippen LogP contribution in [0.1, 0.15) is 38.3 Å². The van der Waals surface area contributed by atoms with Crippen molar-refractivity contribution in [3.05, 3.63) is 46.7 Å². The lowest BCUT2D eigenvalue weighted by Crippen LogP contribution is -2.48. The Bertz CT molecular complexity index is 688. The van der Waals surface area contributed by atoms with Crippen molar-refractivity contribution in [1.82, 2.24) is 10.2 Å². The number of benzene rings is 1. The summed E-state index contributed by atoms with van der Waals surface area (Å²) < 4.78 is 31.5. The second-order valence-corrected chi connectivity index (χ2v) is 5.55. The molecule has 130 valence electrons. The lowest BCUT2D eigenvalue weighted by molar-refractivity contribution is -0.136. The maximum Gasteiger partial charge on any atom is 0.337 e. The zero-order chi connectivity index (χ0) is 17.9. The van der Waals surface area contributed by atoms with Gasteiger partial charge in [-0.3, -0.25) is 4.90 Å². The van der Waals surface area contributed by atoms with Crippen molar-refractivity contribution in [3.63, 3.8) is 0 Å². The first-order valence-corrected chi connectivity index (χ1v) is 7.72. The summed E-state index contributed by atoms with van der Waals surface area (Å²) in [6.45, 7) is 4.10. The van der Waals surface area contributed by atoms with E-state index in [0.29, 0.717) is 12.2 Å². The van der Waals surface area contributed by atoms with E-state index in [1.54, 1.807) is 6.92 Å². The fourth-order valence-corrected chi connectivity index (χ4v) is 2.68. The van der Waals surface area contributed by atoms with E-state index in [9.17, 15) is 18.4 Å². The van der Waals surface area contributed by atoms with Crippen molar-refractivity contribution >= 4 is 12.0 Å². The second kappa shape index (κ2) is 7.42. The molecule has 7 heteroatoms. The van der Waals surface area contributed by atoms with Crippen LogP contribution in [0.2, 0.25) is 0 Å². The van der Waals surface area contributed by atoms with Crippen molar-refractivity contribution in [3.8, 4) is 0 Å². The van der Waals surface area contributed by atoms with Gasteiger partial charge in [0.05, 0.1) is 18.7 Å². The van der Waals surface area contributed by atoms with Gasteiger partial charge in [-0.2, -0.15) is 0 Å². The molecule has 2 rings (SSSR count). The molecule has 1 heterocycles. The molecule has 5 nitrogen and oxygen atoms in total. The lowest BCUT2D eigenvalue weighted by atomic mass is 9.94. The third-order valence-corrected chi connectivity index (χ3v) is 4.01. The smallest absolute Gasteiger partial charge is 0.337 e. The van der Waals surface area contributed by atoms with Gasteiger partial charge in [-0.05, 0) is 31.0 Å². The first-order valence-electron chi connectivity index (χ1n) is 7.72. The van der Waals surface area contributed by atoms with Crippen molar-refractivity contribution in [2.75, 3.05) is 13.7 Å². The van der Waals surface area contributed by atoms with Gasteiger partial charge in [0.1, 0.15) is 0 Å². The summed E-state index contributed by atoms with van der Waals surface area (Å²) in [6, 6.07) is 1.99. The molecule has 0 saturated heterocycles. The average molecular weight is 338 g/mol. The molecule has 0 aromatic heterocycles. The zero-order valence-electron chi connectivity index (χ0n) is 13.9. The third-order valence-electron chi connectivity index (χ3n) is 4.01. The van der Waals surface area contributed by atoms with E-state index in [2.05, 4.69) is 5.32 Å². The molecule has 2 amide bonds. The number of nitrogens with zero attached hydrogens (tertiary/aromatic N) is 1. The minimum atomic E-state index is -1.04. The number of methoxy groups -OCH3 is 1. The van der Waals surface area contributed by atoms with Crippen LogP contribution in [0.5, 0.6) is 0 Å². The maximum absolute atomic E-state index is 13.6. The van der Waals surface area contributed by atoms with E-state index in [-0.39, 0.29) is 17.2 Å². The molecule has 1 aromatic rings. The standard InChI is InChI=1S/C17H20F2N2O3/c1-4-5-8-21-10(2)14(16(22)24-3)15(20-17(21)23)11-6-7-12(18)13(19)9-11/h6-7,9,15H,4-5,8H2,1-3H3,(H,20,23)/t15-/m1/s1. The molecule has 0 radical (unpaired) electrons. The molecule has 1 N–H and O–H groups in total. The Morgan fingerprint density at radius 1 is 1.33 bits per heavy atom. The molecule has 1 aromatic carbocycles. The molecule has 0 spiro atoms. The van der Waals surface area contributed by atoms with Crippen LogP contribution in [0.3, 0.4) is 0 Å². The van der Waals surface area contributed by atoms with Gasteiger partial charge < -0.3 is 10.1 Å². The van der Waals surface area contributed by atoms with Crippen molar-refractivity contribution in [2.45, 2.75) is 32.7 Å². The number of allylic oxidation sites excluding steroid dienone is 1. The van der Waals surface area contributed by atoms with Crippen LogP contribution in [-0.2, 0) is 9.53 Å². The normalized spacial score (nSPS) is 17.8. The summed E-state index contributed by atoms with van der Waals surface area (Å²) >= 11 is 0. The van der Waals surface area contributed by atoms with Gasteiger partial charge in [0.25, 0.3) is 0 Å². The molecule has 0 bridgehead atoms. The monoisotopic (exact) mass is 338 g/mol. The number of nitrogens with one attached hydrogen (secondary N) is 1. The molecule has 0 aliphatic carbocycles. The van der Waals surface area contributed by atoms with Gasteiger partial charge in [-0.25, -0.2) is 18.4 Å². The van der Waals surface area contributed by atoms with Gasteiger partial charge >= 0.3 is 12.0 Å². The van der Waals surface area contributed by atoms with E-state index in [1.165, 1.54) is 18.1 Å². The largest absolute Gasteiger partial charge is 0.466 e. The number of carbonyl (C=O) groups is 2. The van der Waals surface area contributed by atoms with E-state index < -0.39 is 23.6 Å². The Hall–Kier alpha value is -2.44. The molecule has 1 atom stereocenters. The molecule has 1 aliphatic rings. The highest BCUT2D eigenvalue weighted by atomic mass is 19.2. The SMILES string of the molecule is CCCCN1C(=O)N[C@H](c2ccc(F)c(F)c2)C(C(=O)OC)=C1C. The van der Waals surface area contributed by atoms with Crippen LogP contribution in [0.25, 0.3) is 0 Å². The molecule has 0 fully saturated rings. The van der Waals surface area contributed by atoms with E-state index in [1.807, 2.05) is 6.92 Å². The van der Waals surface area contributed by atoms with Gasteiger partial charge in [0.15, 0.2) is 11.6 Å². The number of carbonyl (C=O) groups excluding carboxylic acids is 2. The summed E-state index contributed by atoms with van der Waals surface area (Å²) in [5.74, 6) is -2.66. The summed E-state index contributed by atoms with van der Waals surface area (Å²) in [5.41, 5.74) is 0.935. The predicted molar refractivity (Wildman–Crippen MR) is 84.0 cm³/mol. The molecule has 24 heavy (non-hydrogen) atoms. The number of urea groups is 1. The highest BCUT2D eigenvalue weighted by molar-refractivity contribution is 5.94. The third kappa shape index (κ3) is 3.39. The van der Waals surface area contributed by atoms with Crippen LogP contribution < -0.4 is 5.32 Å². The number of hydrogen-bond donors (Lipinski definition) is 1. The number of hydrogen-bond acceptors (Lipinski definition) is 3. The van der Waals surface area contributed by atoms with Gasteiger partial charge in [-0.1, -0.05) is 19.4 Å². The quantitative estimate of drug-likeness (QED) is 0.838. The van der Waals surface area contributed by atoms with Crippen molar-refractivity contribution in [2.24, 2.45) is 0 Å². The fraction of sp³-hybridized carbons (Fsp3) is 0.412. The summed E-state index contributed by atoms with van der Waals surface area (Å²) in [6.07, 6.45) is 1.66. The highest BCUT2D eigenvalue weighted by Crippen LogP contribution is 2.32. The van der Waals surface area contributed by atoms with Crippen LogP contribution >= 0.6 is 0 Å². The van der Waals surface area contributed by atoms with E-state index >= 15 is 0 Å². The molecule has 0 saturated carbocycles. The summed E-state index contributed by atoms with van der Waals surface area (Å²) in [4.78, 5) is 26.0.